The summed E-state index contributed by atoms with van der Waals surface area (Å²) in [7, 11) is 0. The third-order valence-corrected chi connectivity index (χ3v) is 9.27. The molecule has 0 bridgehead atoms. The Morgan fingerprint density at radius 1 is 1.08 bits per heavy atom. The summed E-state index contributed by atoms with van der Waals surface area (Å²) in [4.78, 5) is 35.5. The SMILES string of the molecule is CCCc1c(OCCCCC/C=C\C=C\[C@H](Sc2ccc3c(=O)cc(C(=O)O)oc3c2)[C@@H](O)C(Cl)(Cl)C(F)(F)F)ccc(C(C)=O)c1O. The van der Waals surface area contributed by atoms with Gasteiger partial charge in [0.25, 0.3) is 0 Å². The molecule has 0 aliphatic carbocycles. The van der Waals surface area contributed by atoms with Crippen molar-refractivity contribution < 1.29 is 47.2 Å². The molecule has 3 N–H and O–H groups in total. The standard InChI is InChI=1S/C34H35Cl2F3O8S/c1-3-11-24-26(16-15-22(20(2)40)30(24)42)46-17-10-8-6-4-5-7-9-12-29(31(43)33(35,36)34(37,38)39)48-21-13-14-23-25(41)19-28(32(44)45)47-27(23)18-21/h5,7,9,12-16,18-19,29,31,42-43H,3-4,6,8,10-11,17H2,1-2H3,(H,44,45)/b7-5-,12-9+/t29-,31+/m0/s1. The molecule has 14 heteroatoms. The minimum atomic E-state index is -5.16. The molecule has 2 atom stereocenters. The second-order valence-corrected chi connectivity index (χ2v) is 13.5. The van der Waals surface area contributed by atoms with Gasteiger partial charge in [-0.05, 0) is 69.4 Å². The lowest BCUT2D eigenvalue weighted by Crippen LogP contribution is -2.49. The smallest absolute Gasteiger partial charge is 0.424 e. The van der Waals surface area contributed by atoms with Gasteiger partial charge in [0.15, 0.2) is 11.2 Å². The molecule has 0 aliphatic heterocycles. The highest BCUT2D eigenvalue weighted by Crippen LogP contribution is 2.46. The molecule has 2 aromatic carbocycles. The Kier molecular flexibility index (Phi) is 14.0. The molecule has 0 radical (unpaired) electrons. The summed E-state index contributed by atoms with van der Waals surface area (Å²) in [5.74, 6) is -1.81. The van der Waals surface area contributed by atoms with E-state index >= 15 is 0 Å². The summed E-state index contributed by atoms with van der Waals surface area (Å²) in [6.45, 7) is 3.76. The monoisotopic (exact) mass is 730 g/mol. The lowest BCUT2D eigenvalue weighted by molar-refractivity contribution is -0.160. The number of ketones is 1. The molecule has 0 saturated heterocycles. The Hall–Kier alpha value is -3.45. The highest BCUT2D eigenvalue weighted by molar-refractivity contribution is 8.00. The Labute approximate surface area is 289 Å². The van der Waals surface area contributed by atoms with Gasteiger partial charge in [0.05, 0.1) is 22.8 Å². The van der Waals surface area contributed by atoms with Crippen molar-refractivity contribution in [3.63, 3.8) is 0 Å². The van der Waals surface area contributed by atoms with Crippen molar-refractivity contribution in [1.82, 2.24) is 0 Å². The minimum absolute atomic E-state index is 0.0469. The van der Waals surface area contributed by atoms with E-state index in [0.29, 0.717) is 30.8 Å². The average molecular weight is 732 g/mol. The number of hydrogen-bond donors (Lipinski definition) is 3. The van der Waals surface area contributed by atoms with Gasteiger partial charge in [-0.3, -0.25) is 9.59 Å². The van der Waals surface area contributed by atoms with E-state index in [9.17, 15) is 42.9 Å². The van der Waals surface area contributed by atoms with Gasteiger partial charge >= 0.3 is 12.1 Å². The number of allylic oxidation sites excluding steroid dienone is 3. The van der Waals surface area contributed by atoms with E-state index in [1.807, 2.05) is 6.92 Å². The maximum atomic E-state index is 13.6. The van der Waals surface area contributed by atoms with Crippen LogP contribution in [0.1, 0.15) is 72.4 Å². The van der Waals surface area contributed by atoms with Crippen molar-refractivity contribution in [2.75, 3.05) is 6.61 Å². The Morgan fingerprint density at radius 2 is 1.81 bits per heavy atom. The normalized spacial score (nSPS) is 13.8. The van der Waals surface area contributed by atoms with Crippen LogP contribution in [0.4, 0.5) is 13.2 Å². The van der Waals surface area contributed by atoms with E-state index in [2.05, 4.69) is 0 Å². The number of hydrogen-bond acceptors (Lipinski definition) is 8. The Balaban J connectivity index is 1.62. The molecule has 0 unspecified atom stereocenters. The number of unbranched alkanes of at least 4 members (excludes halogenated alkanes) is 3. The predicted octanol–water partition coefficient (Wildman–Crippen LogP) is 8.66. The number of carbonyl (C=O) groups is 2. The van der Waals surface area contributed by atoms with E-state index in [1.165, 1.54) is 37.3 Å². The van der Waals surface area contributed by atoms with Gasteiger partial charge in [-0.15, -0.1) is 11.8 Å². The summed E-state index contributed by atoms with van der Waals surface area (Å²) in [6.07, 6.45) is 3.00. The van der Waals surface area contributed by atoms with Crippen LogP contribution in [0.2, 0.25) is 0 Å². The van der Waals surface area contributed by atoms with Crippen molar-refractivity contribution in [2.24, 2.45) is 0 Å². The van der Waals surface area contributed by atoms with Gasteiger partial charge < -0.3 is 24.5 Å². The number of fused-ring (bicyclic) bond motifs is 1. The number of carboxylic acids is 1. The van der Waals surface area contributed by atoms with E-state index in [1.54, 1.807) is 24.3 Å². The number of rotatable bonds is 17. The number of phenols is 1. The van der Waals surface area contributed by atoms with Crippen LogP contribution in [0, 0.1) is 0 Å². The number of aromatic hydroxyl groups is 1. The minimum Gasteiger partial charge on any atom is -0.507 e. The first kappa shape index (κ1) is 39.0. The lowest BCUT2D eigenvalue weighted by atomic mass is 10.0. The number of aromatic carboxylic acids is 1. The number of benzene rings is 2. The molecule has 0 aliphatic rings. The molecule has 0 spiro atoms. The number of carbonyl (C=O) groups excluding carboxylic acids is 1. The number of phenolic OH excluding ortho intramolecular Hbond substituents is 1. The molecular weight excluding hydrogens is 696 g/mol. The highest BCUT2D eigenvalue weighted by atomic mass is 35.5. The first-order valence-electron chi connectivity index (χ1n) is 15.0. The summed E-state index contributed by atoms with van der Waals surface area (Å²) in [5, 5.41) is 29.0. The molecule has 3 rings (SSSR count). The quantitative estimate of drug-likeness (QED) is 0.0410. The number of alkyl halides is 5. The van der Waals surface area contributed by atoms with Crippen molar-refractivity contribution >= 4 is 57.7 Å². The zero-order chi connectivity index (χ0) is 35.6. The van der Waals surface area contributed by atoms with Crippen molar-refractivity contribution in [2.45, 2.75) is 79.1 Å². The second kappa shape index (κ2) is 17.3. The number of aliphatic hydroxyl groups is 1. The summed E-state index contributed by atoms with van der Waals surface area (Å²) in [5.41, 5.74) is 0.156. The van der Waals surface area contributed by atoms with Crippen LogP contribution in [0.3, 0.4) is 0 Å². The maximum Gasteiger partial charge on any atom is 0.424 e. The zero-order valence-corrected chi connectivity index (χ0v) is 28.4. The van der Waals surface area contributed by atoms with Crippen LogP contribution in [-0.2, 0) is 6.42 Å². The van der Waals surface area contributed by atoms with Gasteiger partial charge in [-0.1, -0.05) is 60.9 Å². The summed E-state index contributed by atoms with van der Waals surface area (Å²) in [6, 6.07) is 8.10. The van der Waals surface area contributed by atoms with Crippen LogP contribution < -0.4 is 10.2 Å². The molecule has 1 aromatic heterocycles. The summed E-state index contributed by atoms with van der Waals surface area (Å²) >= 11 is 11.9. The number of halogens is 5. The van der Waals surface area contributed by atoms with Crippen LogP contribution in [0.15, 0.2) is 74.8 Å². The Bertz CT molecular complexity index is 1720. The number of aliphatic hydroxyl groups excluding tert-OH is 1. The zero-order valence-electron chi connectivity index (χ0n) is 26.1. The number of Topliss-reactive ketones (excluding diaryl/α,β-unsaturated/α-hetero) is 1. The molecule has 260 valence electrons. The van der Waals surface area contributed by atoms with E-state index in [0.717, 1.165) is 43.5 Å². The first-order valence-corrected chi connectivity index (χ1v) is 16.6. The third-order valence-electron chi connectivity index (χ3n) is 7.18. The topological polar surface area (TPSA) is 134 Å². The van der Waals surface area contributed by atoms with Gasteiger partial charge in [0.2, 0.25) is 10.1 Å². The van der Waals surface area contributed by atoms with Crippen molar-refractivity contribution in [1.29, 1.82) is 0 Å². The number of carboxylic acid groups (broad SMARTS) is 1. The van der Waals surface area contributed by atoms with Gasteiger partial charge in [0.1, 0.15) is 23.2 Å². The fraction of sp³-hybridized carbons (Fsp3) is 0.382. The summed E-state index contributed by atoms with van der Waals surface area (Å²) < 4.78 is 48.3. The Morgan fingerprint density at radius 3 is 2.46 bits per heavy atom. The van der Waals surface area contributed by atoms with Crippen LogP contribution in [-0.4, -0.2) is 55.5 Å². The van der Waals surface area contributed by atoms with Gasteiger partial charge in [-0.25, -0.2) is 4.79 Å². The molecule has 48 heavy (non-hydrogen) atoms. The van der Waals surface area contributed by atoms with E-state index < -0.39 is 39.0 Å². The molecule has 8 nitrogen and oxygen atoms in total. The maximum absolute atomic E-state index is 13.6. The first-order chi connectivity index (χ1) is 22.6. The molecular formula is C34H35Cl2F3O8S. The van der Waals surface area contributed by atoms with Crippen LogP contribution in [0.25, 0.3) is 11.0 Å². The fourth-order valence-corrected chi connectivity index (χ4v) is 6.21. The molecule has 3 aromatic rings. The lowest BCUT2D eigenvalue weighted by Gasteiger charge is -2.31. The van der Waals surface area contributed by atoms with Gasteiger partial charge in [0, 0.05) is 16.5 Å². The van der Waals surface area contributed by atoms with Crippen LogP contribution >= 0.6 is 35.0 Å². The average Bonchev–Trinajstić information content (AvgIpc) is 3.01. The molecule has 0 amide bonds. The van der Waals surface area contributed by atoms with Gasteiger partial charge in [-0.2, -0.15) is 13.2 Å². The molecule has 1 heterocycles. The largest absolute Gasteiger partial charge is 0.507 e. The second-order valence-electron chi connectivity index (χ2n) is 10.8. The van der Waals surface area contributed by atoms with Crippen molar-refractivity contribution in [3.8, 4) is 11.5 Å². The highest BCUT2D eigenvalue weighted by Gasteiger charge is 2.59. The van der Waals surface area contributed by atoms with Crippen molar-refractivity contribution in [3.05, 3.63) is 87.8 Å². The van der Waals surface area contributed by atoms with E-state index in [4.69, 9.17) is 32.4 Å². The predicted molar refractivity (Wildman–Crippen MR) is 180 cm³/mol. The molecule has 0 saturated carbocycles. The van der Waals surface area contributed by atoms with E-state index in [-0.39, 0.29) is 33.0 Å². The molecule has 0 fully saturated rings. The third kappa shape index (κ3) is 10.0. The van der Waals surface area contributed by atoms with Crippen LogP contribution in [0.5, 0.6) is 11.5 Å². The number of ether oxygens (including phenoxy) is 1. The number of thioether (sulfide) groups is 1. The fourth-order valence-electron chi connectivity index (χ4n) is 4.65.